The van der Waals surface area contributed by atoms with Crippen LogP contribution in [0.5, 0.6) is 0 Å². The molecule has 0 aliphatic heterocycles. The molecule has 8 heteroatoms. The normalized spacial score (nSPS) is 10.9. The van der Waals surface area contributed by atoms with Gasteiger partial charge in [-0.25, -0.2) is 24.3 Å². The molecule has 0 amide bonds. The van der Waals surface area contributed by atoms with Gasteiger partial charge in [-0.15, -0.1) is 0 Å². The lowest BCUT2D eigenvalue weighted by Crippen LogP contribution is -2.05. The zero-order chi connectivity index (χ0) is 16.1. The highest BCUT2D eigenvalue weighted by Crippen LogP contribution is 2.20. The molecule has 0 unspecified atom stereocenters. The molecule has 0 radical (unpaired) electrons. The minimum Gasteiger partial charge on any atom is -0.373 e. The molecule has 3 rings (SSSR count). The average molecular weight is 312 g/mol. The molecule has 23 heavy (non-hydrogen) atoms. The monoisotopic (exact) mass is 312 g/mol. The fraction of sp³-hybridized carbons (Fsp3) is 0.400. The van der Waals surface area contributed by atoms with Crippen molar-refractivity contribution in [1.29, 1.82) is 0 Å². The van der Waals surface area contributed by atoms with Crippen molar-refractivity contribution in [2.45, 2.75) is 32.9 Å². The van der Waals surface area contributed by atoms with Crippen molar-refractivity contribution in [2.75, 3.05) is 12.4 Å². The Morgan fingerprint density at radius 2 is 2.22 bits per heavy atom. The summed E-state index contributed by atoms with van der Waals surface area (Å²) >= 11 is 0. The molecule has 0 fully saturated rings. The summed E-state index contributed by atoms with van der Waals surface area (Å²) in [6.07, 6.45) is 7.12. The molecule has 0 saturated carbocycles. The summed E-state index contributed by atoms with van der Waals surface area (Å²) in [5.41, 5.74) is 0.998. The van der Waals surface area contributed by atoms with Crippen LogP contribution in [0, 0.1) is 0 Å². The highest BCUT2D eigenvalue weighted by molar-refractivity contribution is 5.59. The number of aromatic nitrogens is 7. The Hall–Kier alpha value is -2.77. The predicted octanol–water partition coefficient (Wildman–Crippen LogP) is 1.82. The Labute approximate surface area is 134 Å². The summed E-state index contributed by atoms with van der Waals surface area (Å²) < 4.78 is 3.68. The lowest BCUT2D eigenvalue weighted by Gasteiger charge is -2.06. The zero-order valence-corrected chi connectivity index (χ0v) is 13.3. The van der Waals surface area contributed by atoms with Crippen LogP contribution in [-0.2, 0) is 13.1 Å². The minimum absolute atomic E-state index is 0.510. The van der Waals surface area contributed by atoms with Crippen molar-refractivity contribution in [3.8, 4) is 11.4 Å². The minimum atomic E-state index is 0.510. The Morgan fingerprint density at radius 1 is 1.30 bits per heavy atom. The molecule has 0 atom stereocenters. The van der Waals surface area contributed by atoms with E-state index in [1.54, 1.807) is 17.2 Å². The van der Waals surface area contributed by atoms with E-state index in [1.165, 1.54) is 6.33 Å². The Kier molecular flexibility index (Phi) is 4.60. The molecule has 3 aromatic heterocycles. The Bertz CT molecular complexity index is 747. The van der Waals surface area contributed by atoms with Crippen LogP contribution < -0.4 is 5.32 Å². The molecule has 3 aromatic rings. The number of aryl methyl sites for hydroxylation is 1. The van der Waals surface area contributed by atoms with Gasteiger partial charge in [0.15, 0.2) is 11.6 Å². The van der Waals surface area contributed by atoms with Gasteiger partial charge in [-0.1, -0.05) is 13.3 Å². The van der Waals surface area contributed by atoms with Gasteiger partial charge in [-0.3, -0.25) is 0 Å². The number of rotatable bonds is 7. The van der Waals surface area contributed by atoms with E-state index < -0.39 is 0 Å². The summed E-state index contributed by atoms with van der Waals surface area (Å²) in [6.45, 7) is 3.52. The summed E-state index contributed by atoms with van der Waals surface area (Å²) in [4.78, 5) is 12.9. The zero-order valence-electron chi connectivity index (χ0n) is 13.3. The quantitative estimate of drug-likeness (QED) is 0.716. The van der Waals surface area contributed by atoms with Gasteiger partial charge in [-0.2, -0.15) is 10.2 Å². The molecular formula is C15H20N8. The number of nitrogens with zero attached hydrogens (tertiary/aromatic N) is 7. The van der Waals surface area contributed by atoms with E-state index in [9.17, 15) is 0 Å². The average Bonchev–Trinajstić information content (AvgIpc) is 3.23. The van der Waals surface area contributed by atoms with E-state index in [2.05, 4.69) is 32.4 Å². The van der Waals surface area contributed by atoms with Crippen molar-refractivity contribution in [3.05, 3.63) is 36.8 Å². The molecular weight excluding hydrogens is 292 g/mol. The molecule has 8 nitrogen and oxygen atoms in total. The maximum absolute atomic E-state index is 4.69. The molecule has 0 saturated heterocycles. The smallest absolute Gasteiger partial charge is 0.172 e. The fourth-order valence-corrected chi connectivity index (χ4v) is 2.30. The van der Waals surface area contributed by atoms with Gasteiger partial charge < -0.3 is 5.32 Å². The van der Waals surface area contributed by atoms with E-state index in [0.29, 0.717) is 6.54 Å². The van der Waals surface area contributed by atoms with Crippen LogP contribution in [-0.4, -0.2) is 41.6 Å². The Balaban J connectivity index is 1.93. The van der Waals surface area contributed by atoms with Crippen LogP contribution in [0.1, 0.15) is 25.6 Å². The molecule has 0 aromatic carbocycles. The third kappa shape index (κ3) is 3.53. The van der Waals surface area contributed by atoms with E-state index in [-0.39, 0.29) is 0 Å². The van der Waals surface area contributed by atoms with Crippen LogP contribution in [0.25, 0.3) is 11.4 Å². The molecule has 120 valence electrons. The number of hydrogen-bond acceptors (Lipinski definition) is 6. The third-order valence-electron chi connectivity index (χ3n) is 3.48. The number of pyridine rings is 1. The topological polar surface area (TPSA) is 86.3 Å². The van der Waals surface area contributed by atoms with Crippen molar-refractivity contribution in [3.63, 3.8) is 0 Å². The van der Waals surface area contributed by atoms with Crippen molar-refractivity contribution in [2.24, 2.45) is 0 Å². The molecule has 0 aliphatic carbocycles. The maximum Gasteiger partial charge on any atom is 0.172 e. The largest absolute Gasteiger partial charge is 0.373 e. The first-order chi connectivity index (χ1) is 11.3. The van der Waals surface area contributed by atoms with Crippen LogP contribution in [0.2, 0.25) is 0 Å². The lowest BCUT2D eigenvalue weighted by molar-refractivity contribution is 0.561. The number of hydrogen-bond donors (Lipinski definition) is 1. The van der Waals surface area contributed by atoms with E-state index in [4.69, 9.17) is 4.98 Å². The van der Waals surface area contributed by atoms with Crippen LogP contribution in [0.4, 0.5) is 5.82 Å². The molecule has 0 bridgehead atoms. The van der Waals surface area contributed by atoms with Gasteiger partial charge in [-0.05, 0) is 18.6 Å². The van der Waals surface area contributed by atoms with E-state index in [0.717, 1.165) is 42.4 Å². The maximum atomic E-state index is 4.69. The highest BCUT2D eigenvalue weighted by atomic mass is 15.4. The summed E-state index contributed by atoms with van der Waals surface area (Å²) in [6, 6.07) is 3.93. The first-order valence-corrected chi connectivity index (χ1v) is 7.70. The summed E-state index contributed by atoms with van der Waals surface area (Å²) in [7, 11) is 1.85. The lowest BCUT2D eigenvalue weighted by atomic mass is 10.2. The van der Waals surface area contributed by atoms with E-state index in [1.807, 2.05) is 23.9 Å². The van der Waals surface area contributed by atoms with Crippen LogP contribution >= 0.6 is 0 Å². The molecule has 1 N–H and O–H groups in total. The van der Waals surface area contributed by atoms with Gasteiger partial charge in [0.2, 0.25) is 0 Å². The second-order valence-corrected chi connectivity index (χ2v) is 5.20. The Morgan fingerprint density at radius 3 is 2.96 bits per heavy atom. The summed E-state index contributed by atoms with van der Waals surface area (Å²) in [5, 5.41) is 11.8. The van der Waals surface area contributed by atoms with Gasteiger partial charge >= 0.3 is 0 Å². The third-order valence-corrected chi connectivity index (χ3v) is 3.48. The van der Waals surface area contributed by atoms with Crippen molar-refractivity contribution >= 4 is 5.82 Å². The molecule has 3 heterocycles. The van der Waals surface area contributed by atoms with Crippen molar-refractivity contribution in [1.82, 2.24) is 34.5 Å². The van der Waals surface area contributed by atoms with Crippen molar-refractivity contribution < 1.29 is 0 Å². The van der Waals surface area contributed by atoms with Gasteiger partial charge in [0.25, 0.3) is 0 Å². The summed E-state index contributed by atoms with van der Waals surface area (Å²) in [5.74, 6) is 2.39. The fourth-order valence-electron chi connectivity index (χ4n) is 2.30. The number of nitrogens with one attached hydrogen (secondary N) is 1. The number of anilines is 1. The second kappa shape index (κ2) is 6.99. The molecule has 0 spiro atoms. The second-order valence-electron chi connectivity index (χ2n) is 5.20. The van der Waals surface area contributed by atoms with Gasteiger partial charge in [0, 0.05) is 25.4 Å². The predicted molar refractivity (Wildman–Crippen MR) is 86.8 cm³/mol. The van der Waals surface area contributed by atoms with Gasteiger partial charge in [0.05, 0.1) is 0 Å². The van der Waals surface area contributed by atoms with Gasteiger partial charge in [0.1, 0.15) is 25.0 Å². The molecule has 0 aliphatic rings. The number of unbranched alkanes of at least 4 members (excludes halogenated alkanes) is 1. The first kappa shape index (κ1) is 15.1. The van der Waals surface area contributed by atoms with E-state index >= 15 is 0 Å². The highest BCUT2D eigenvalue weighted by Gasteiger charge is 2.13. The standard InChI is InChI=1S/C15H20N8/c1-3-4-7-23-15(12-5-6-18-13(8-12)16-2)20-14(21-23)9-22-11-17-10-19-22/h5-6,8,10-11H,3-4,7,9H2,1-2H3,(H,16,18). The SMILES string of the molecule is CCCCn1nc(Cn2cncn2)nc1-c1ccnc(NC)c1. The first-order valence-electron chi connectivity index (χ1n) is 7.70. The van der Waals surface area contributed by atoms with Crippen LogP contribution in [0.15, 0.2) is 31.0 Å². The van der Waals surface area contributed by atoms with Crippen LogP contribution in [0.3, 0.4) is 0 Å².